The molecule has 0 bridgehead atoms. The van der Waals surface area contributed by atoms with Gasteiger partial charge in [0.1, 0.15) is 0 Å². The Morgan fingerprint density at radius 3 is 2.82 bits per heavy atom. The van der Waals surface area contributed by atoms with E-state index in [0.717, 1.165) is 25.8 Å². The minimum atomic E-state index is -0.448. The number of rotatable bonds is 6. The topological polar surface area (TPSA) is 50.4 Å². The van der Waals surface area contributed by atoms with Crippen molar-refractivity contribution in [2.75, 3.05) is 17.2 Å². The highest BCUT2D eigenvalue weighted by Gasteiger charge is 2.07. The van der Waals surface area contributed by atoms with Crippen LogP contribution >= 0.6 is 38.9 Å². The lowest BCUT2D eigenvalue weighted by Crippen LogP contribution is -2.14. The average Bonchev–Trinajstić information content (AvgIpc) is 2.91. The summed E-state index contributed by atoms with van der Waals surface area (Å²) in [5.74, 6) is 0. The highest BCUT2D eigenvalue weighted by molar-refractivity contribution is 9.10. The molecule has 0 unspecified atom stereocenters. The Bertz CT molecular complexity index is 648. The van der Waals surface area contributed by atoms with Crippen LogP contribution in [0.3, 0.4) is 0 Å². The van der Waals surface area contributed by atoms with Crippen LogP contribution in [0.5, 0.6) is 0 Å². The fourth-order valence-electron chi connectivity index (χ4n) is 1.70. The monoisotopic (exact) mass is 402 g/mol. The van der Waals surface area contributed by atoms with Gasteiger partial charge in [-0.05, 0) is 52.7 Å². The van der Waals surface area contributed by atoms with Gasteiger partial charge in [-0.1, -0.05) is 18.5 Å². The normalized spacial score (nSPS) is 10.3. The molecule has 0 fully saturated rings. The minimum Gasteiger partial charge on any atom is -0.449 e. The van der Waals surface area contributed by atoms with Crippen molar-refractivity contribution < 1.29 is 9.53 Å². The Balaban J connectivity index is 1.92. The van der Waals surface area contributed by atoms with Crippen molar-refractivity contribution in [2.45, 2.75) is 19.9 Å². The van der Waals surface area contributed by atoms with Crippen molar-refractivity contribution in [3.63, 3.8) is 0 Å². The molecule has 2 N–H and O–H groups in total. The average molecular weight is 404 g/mol. The lowest BCUT2D eigenvalue weighted by atomic mass is 10.2. The zero-order valence-electron chi connectivity index (χ0n) is 12.0. The van der Waals surface area contributed by atoms with Crippen LogP contribution in [-0.2, 0) is 11.3 Å². The number of hydrogen-bond acceptors (Lipinski definition) is 4. The second-order valence-electron chi connectivity index (χ2n) is 4.51. The van der Waals surface area contributed by atoms with Gasteiger partial charge in [-0.25, -0.2) is 4.79 Å². The summed E-state index contributed by atoms with van der Waals surface area (Å²) in [5, 5.41) is 6.01. The lowest BCUT2D eigenvalue weighted by Gasteiger charge is -2.10. The maximum atomic E-state index is 11.5. The molecule has 22 heavy (non-hydrogen) atoms. The van der Waals surface area contributed by atoms with E-state index in [4.69, 9.17) is 16.3 Å². The van der Waals surface area contributed by atoms with Gasteiger partial charge < -0.3 is 10.1 Å². The molecule has 0 saturated heterocycles. The molecule has 0 aliphatic heterocycles. The third-order valence-electron chi connectivity index (χ3n) is 2.74. The van der Waals surface area contributed by atoms with Gasteiger partial charge in [0.2, 0.25) is 0 Å². The Labute approximate surface area is 146 Å². The molecule has 118 valence electrons. The van der Waals surface area contributed by atoms with E-state index < -0.39 is 6.09 Å². The highest BCUT2D eigenvalue weighted by Crippen LogP contribution is 2.27. The van der Waals surface area contributed by atoms with E-state index in [-0.39, 0.29) is 0 Å². The van der Waals surface area contributed by atoms with E-state index in [1.165, 1.54) is 0 Å². The fourth-order valence-corrected chi connectivity index (χ4v) is 3.21. The second-order valence-corrected chi connectivity index (χ2v) is 7.17. The summed E-state index contributed by atoms with van der Waals surface area (Å²) < 4.78 is 6.56. The first-order chi connectivity index (χ1) is 10.6. The molecule has 2 aromatic rings. The van der Waals surface area contributed by atoms with Gasteiger partial charge in [0.05, 0.1) is 16.6 Å². The number of nitrogens with one attached hydrogen (secondary N) is 2. The number of halogens is 2. The van der Waals surface area contributed by atoms with E-state index in [0.29, 0.717) is 18.8 Å². The van der Waals surface area contributed by atoms with E-state index in [1.54, 1.807) is 11.3 Å². The fraction of sp³-hybridized carbons (Fsp3) is 0.267. The SMILES string of the molecule is CCCOC(=O)Nc1ccc(NCc2ccc(Cl)s2)cc1Br. The standard InChI is InChI=1S/C15H16BrClN2O2S/c1-2-7-21-15(20)19-13-5-3-10(8-12(13)16)18-9-11-4-6-14(17)22-11/h3-6,8,18H,2,7,9H2,1H3,(H,19,20). The quantitative estimate of drug-likeness (QED) is 0.647. The first-order valence-corrected chi connectivity index (χ1v) is 8.78. The predicted molar refractivity (Wildman–Crippen MR) is 96.1 cm³/mol. The van der Waals surface area contributed by atoms with Crippen LogP contribution in [0.2, 0.25) is 4.34 Å². The number of carbonyl (C=O) groups excluding carboxylic acids is 1. The first-order valence-electron chi connectivity index (χ1n) is 6.80. The number of thiophene rings is 1. The van der Waals surface area contributed by atoms with Gasteiger partial charge in [-0.2, -0.15) is 0 Å². The Hall–Kier alpha value is -1.24. The van der Waals surface area contributed by atoms with Gasteiger partial charge in [0.15, 0.2) is 0 Å². The third kappa shape index (κ3) is 5.19. The summed E-state index contributed by atoms with van der Waals surface area (Å²) in [5.41, 5.74) is 1.62. The third-order valence-corrected chi connectivity index (χ3v) is 4.63. The van der Waals surface area contributed by atoms with E-state index in [9.17, 15) is 4.79 Å². The summed E-state index contributed by atoms with van der Waals surface area (Å²) >= 11 is 10.9. The van der Waals surface area contributed by atoms with Crippen molar-refractivity contribution in [3.05, 3.63) is 44.0 Å². The number of carbonyl (C=O) groups is 1. The number of anilines is 2. The van der Waals surface area contributed by atoms with Crippen molar-refractivity contribution in [3.8, 4) is 0 Å². The molecule has 0 radical (unpaired) electrons. The molecule has 4 nitrogen and oxygen atoms in total. The van der Waals surface area contributed by atoms with Gasteiger partial charge in [-0.15, -0.1) is 11.3 Å². The van der Waals surface area contributed by atoms with E-state index in [2.05, 4.69) is 26.6 Å². The maximum Gasteiger partial charge on any atom is 0.411 e. The molecular formula is C15H16BrClN2O2S. The highest BCUT2D eigenvalue weighted by atomic mass is 79.9. The zero-order valence-corrected chi connectivity index (χ0v) is 15.1. The van der Waals surface area contributed by atoms with Gasteiger partial charge in [-0.3, -0.25) is 5.32 Å². The summed E-state index contributed by atoms with van der Waals surface area (Å²) in [6.45, 7) is 3.06. The van der Waals surface area contributed by atoms with Crippen LogP contribution in [0.1, 0.15) is 18.2 Å². The van der Waals surface area contributed by atoms with Crippen LogP contribution in [0.15, 0.2) is 34.8 Å². The minimum absolute atomic E-state index is 0.409. The van der Waals surface area contributed by atoms with Crippen LogP contribution in [0.4, 0.5) is 16.2 Å². The van der Waals surface area contributed by atoms with Crippen molar-refractivity contribution >= 4 is 56.3 Å². The predicted octanol–water partition coefficient (Wildman–Crippen LogP) is 5.73. The first kappa shape index (κ1) is 17.1. The van der Waals surface area contributed by atoms with E-state index >= 15 is 0 Å². The Morgan fingerprint density at radius 2 is 2.18 bits per heavy atom. The van der Waals surface area contributed by atoms with Gasteiger partial charge >= 0.3 is 6.09 Å². The van der Waals surface area contributed by atoms with Crippen LogP contribution in [0, 0.1) is 0 Å². The largest absolute Gasteiger partial charge is 0.449 e. The molecule has 1 amide bonds. The molecule has 0 spiro atoms. The maximum absolute atomic E-state index is 11.5. The van der Waals surface area contributed by atoms with Crippen LogP contribution in [-0.4, -0.2) is 12.7 Å². The number of benzene rings is 1. The summed E-state index contributed by atoms with van der Waals surface area (Å²) in [6.07, 6.45) is 0.348. The molecule has 1 aromatic heterocycles. The molecule has 2 rings (SSSR count). The smallest absolute Gasteiger partial charge is 0.411 e. The summed E-state index contributed by atoms with van der Waals surface area (Å²) in [4.78, 5) is 12.7. The molecule has 0 atom stereocenters. The molecule has 7 heteroatoms. The Morgan fingerprint density at radius 1 is 1.36 bits per heavy atom. The van der Waals surface area contributed by atoms with E-state index in [1.807, 2.05) is 37.3 Å². The van der Waals surface area contributed by atoms with Gasteiger partial charge in [0.25, 0.3) is 0 Å². The van der Waals surface area contributed by atoms with Crippen molar-refractivity contribution in [1.82, 2.24) is 0 Å². The summed E-state index contributed by atoms with van der Waals surface area (Å²) in [7, 11) is 0. The lowest BCUT2D eigenvalue weighted by molar-refractivity contribution is 0.161. The van der Waals surface area contributed by atoms with Crippen molar-refractivity contribution in [1.29, 1.82) is 0 Å². The zero-order chi connectivity index (χ0) is 15.9. The van der Waals surface area contributed by atoms with Crippen molar-refractivity contribution in [2.24, 2.45) is 0 Å². The Kier molecular flexibility index (Phi) is 6.54. The summed E-state index contributed by atoms with van der Waals surface area (Å²) in [6, 6.07) is 9.50. The molecule has 0 aliphatic carbocycles. The molecule has 0 saturated carbocycles. The van der Waals surface area contributed by atoms with Crippen LogP contribution < -0.4 is 10.6 Å². The van der Waals surface area contributed by atoms with Crippen LogP contribution in [0.25, 0.3) is 0 Å². The molecule has 0 aliphatic rings. The molecule has 1 aromatic carbocycles. The number of hydrogen-bond donors (Lipinski definition) is 2. The second kappa shape index (κ2) is 8.41. The molecule has 1 heterocycles. The number of ether oxygens (including phenoxy) is 1. The molecular weight excluding hydrogens is 388 g/mol. The number of amides is 1. The van der Waals surface area contributed by atoms with Gasteiger partial charge in [0, 0.05) is 21.6 Å².